The summed E-state index contributed by atoms with van der Waals surface area (Å²) in [5.41, 5.74) is 9.93. The number of fused-ring (bicyclic) bond motifs is 3. The van der Waals surface area contributed by atoms with Crippen molar-refractivity contribution in [2.24, 2.45) is 0 Å². The molecule has 10 rings (SSSR count). The van der Waals surface area contributed by atoms with Crippen LogP contribution in [-0.4, -0.2) is 15.0 Å². The van der Waals surface area contributed by atoms with E-state index < -0.39 is 0 Å². The minimum absolute atomic E-state index is 0.636. The van der Waals surface area contributed by atoms with Crippen LogP contribution < -0.4 is 0 Å². The van der Waals surface area contributed by atoms with Crippen molar-refractivity contribution in [3.05, 3.63) is 200 Å². The van der Waals surface area contributed by atoms with E-state index in [4.69, 9.17) is 15.0 Å². The minimum Gasteiger partial charge on any atom is -0.208 e. The van der Waals surface area contributed by atoms with Gasteiger partial charge in [0.1, 0.15) is 0 Å². The maximum atomic E-state index is 5.12. The van der Waals surface area contributed by atoms with Crippen LogP contribution in [0.25, 0.3) is 99.9 Å². The second-order valence-electron chi connectivity index (χ2n) is 13.7. The maximum Gasteiger partial charge on any atom is 0.164 e. The molecule has 0 aliphatic heterocycles. The Morgan fingerprint density at radius 3 is 1.31 bits per heavy atom. The Morgan fingerprint density at radius 1 is 0.222 bits per heavy atom. The largest absolute Gasteiger partial charge is 0.208 e. The molecule has 0 saturated carbocycles. The lowest BCUT2D eigenvalue weighted by Crippen LogP contribution is -2.00. The third-order valence-electron chi connectivity index (χ3n) is 10.3. The summed E-state index contributed by atoms with van der Waals surface area (Å²) in [5.74, 6) is 1.92. The molecule has 0 unspecified atom stereocenters. The summed E-state index contributed by atoms with van der Waals surface area (Å²) in [6.07, 6.45) is 0. The van der Waals surface area contributed by atoms with Gasteiger partial charge in [0, 0.05) is 16.7 Å². The molecule has 0 amide bonds. The first kappa shape index (κ1) is 31.5. The van der Waals surface area contributed by atoms with Crippen LogP contribution in [0.5, 0.6) is 0 Å². The molecule has 0 bridgehead atoms. The standard InChI is InChI=1S/C51H33N3/c1-3-12-34(13-4-1)38-25-26-40-32-44(29-27-39(40)30-38)51-53-49(36-15-5-2-6-16-36)52-50(54-51)43-19-9-18-41(33-43)45-20-10-23-48-46(21-11-22-47(45)48)42-28-24-35-14-7-8-17-37(35)31-42/h1-33H. The Bertz CT molecular complexity index is 2990. The number of rotatable bonds is 6. The third-order valence-corrected chi connectivity index (χ3v) is 10.3. The average molecular weight is 688 g/mol. The average Bonchev–Trinajstić information content (AvgIpc) is 3.26. The van der Waals surface area contributed by atoms with E-state index in [2.05, 4.69) is 164 Å². The molecular weight excluding hydrogens is 655 g/mol. The van der Waals surface area contributed by atoms with Crippen molar-refractivity contribution in [2.45, 2.75) is 0 Å². The second kappa shape index (κ2) is 13.4. The third kappa shape index (κ3) is 5.88. The molecule has 3 nitrogen and oxygen atoms in total. The van der Waals surface area contributed by atoms with Crippen LogP contribution in [-0.2, 0) is 0 Å². The molecule has 0 aliphatic rings. The summed E-state index contributed by atoms with van der Waals surface area (Å²) in [7, 11) is 0. The summed E-state index contributed by atoms with van der Waals surface area (Å²) in [6, 6.07) is 70.7. The van der Waals surface area contributed by atoms with E-state index in [1.165, 1.54) is 54.7 Å². The first-order valence-electron chi connectivity index (χ1n) is 18.3. The second-order valence-corrected chi connectivity index (χ2v) is 13.7. The van der Waals surface area contributed by atoms with Gasteiger partial charge in [0.25, 0.3) is 0 Å². The fraction of sp³-hybridized carbons (Fsp3) is 0. The van der Waals surface area contributed by atoms with Crippen molar-refractivity contribution in [1.29, 1.82) is 0 Å². The van der Waals surface area contributed by atoms with Gasteiger partial charge in [-0.3, -0.25) is 0 Å². The first-order chi connectivity index (χ1) is 26.7. The summed E-state index contributed by atoms with van der Waals surface area (Å²) < 4.78 is 0. The van der Waals surface area contributed by atoms with Gasteiger partial charge in [0.15, 0.2) is 17.5 Å². The Hall–Kier alpha value is -7.23. The summed E-state index contributed by atoms with van der Waals surface area (Å²) in [6.45, 7) is 0. The molecule has 0 spiro atoms. The van der Waals surface area contributed by atoms with Gasteiger partial charge in [-0.2, -0.15) is 0 Å². The maximum absolute atomic E-state index is 5.12. The molecule has 54 heavy (non-hydrogen) atoms. The van der Waals surface area contributed by atoms with Gasteiger partial charge >= 0.3 is 0 Å². The van der Waals surface area contributed by atoms with Gasteiger partial charge in [-0.15, -0.1) is 0 Å². The van der Waals surface area contributed by atoms with Gasteiger partial charge in [-0.25, -0.2) is 15.0 Å². The quantitative estimate of drug-likeness (QED) is 0.175. The SMILES string of the molecule is c1ccc(-c2ccc3cc(-c4nc(-c5ccccc5)nc(-c5cccc(-c6cccc7c(-c8ccc9ccccc9c8)cccc67)c5)n4)ccc3c2)cc1. The molecular formula is C51H33N3. The van der Waals surface area contributed by atoms with Gasteiger partial charge in [0.2, 0.25) is 0 Å². The highest BCUT2D eigenvalue weighted by atomic mass is 15.0. The zero-order valence-corrected chi connectivity index (χ0v) is 29.4. The molecule has 0 fully saturated rings. The molecule has 252 valence electrons. The first-order valence-corrected chi connectivity index (χ1v) is 18.3. The Kier molecular flexibility index (Phi) is 7.81. The van der Waals surface area contributed by atoms with Crippen molar-refractivity contribution < 1.29 is 0 Å². The van der Waals surface area contributed by atoms with Crippen molar-refractivity contribution in [2.75, 3.05) is 0 Å². The summed E-state index contributed by atoms with van der Waals surface area (Å²) in [5, 5.41) is 7.21. The number of hydrogen-bond donors (Lipinski definition) is 0. The van der Waals surface area contributed by atoms with E-state index in [-0.39, 0.29) is 0 Å². The zero-order valence-electron chi connectivity index (χ0n) is 29.4. The monoisotopic (exact) mass is 687 g/mol. The van der Waals surface area contributed by atoms with E-state index in [0.717, 1.165) is 27.6 Å². The topological polar surface area (TPSA) is 38.7 Å². The lowest BCUT2D eigenvalue weighted by molar-refractivity contribution is 1.07. The van der Waals surface area contributed by atoms with Crippen molar-refractivity contribution in [1.82, 2.24) is 15.0 Å². The fourth-order valence-corrected chi connectivity index (χ4v) is 7.54. The Labute approximate surface area is 313 Å². The molecule has 0 saturated heterocycles. The fourth-order valence-electron chi connectivity index (χ4n) is 7.54. The van der Waals surface area contributed by atoms with Crippen molar-refractivity contribution in [3.8, 4) is 67.5 Å². The lowest BCUT2D eigenvalue weighted by atomic mass is 9.91. The summed E-state index contributed by atoms with van der Waals surface area (Å²) in [4.78, 5) is 15.2. The molecule has 9 aromatic carbocycles. The van der Waals surface area contributed by atoms with Crippen LogP contribution in [0.15, 0.2) is 200 Å². The van der Waals surface area contributed by atoms with Crippen LogP contribution >= 0.6 is 0 Å². The van der Waals surface area contributed by atoms with Crippen LogP contribution in [0.1, 0.15) is 0 Å². The van der Waals surface area contributed by atoms with Crippen LogP contribution in [0.4, 0.5) is 0 Å². The van der Waals surface area contributed by atoms with Crippen LogP contribution in [0.3, 0.4) is 0 Å². The van der Waals surface area contributed by atoms with Crippen molar-refractivity contribution in [3.63, 3.8) is 0 Å². The van der Waals surface area contributed by atoms with Gasteiger partial charge < -0.3 is 0 Å². The minimum atomic E-state index is 0.636. The zero-order chi connectivity index (χ0) is 35.8. The highest BCUT2D eigenvalue weighted by Crippen LogP contribution is 2.37. The molecule has 3 heteroatoms. The highest BCUT2D eigenvalue weighted by Gasteiger charge is 2.15. The highest BCUT2D eigenvalue weighted by molar-refractivity contribution is 6.05. The van der Waals surface area contributed by atoms with Crippen LogP contribution in [0.2, 0.25) is 0 Å². The molecule has 0 aliphatic carbocycles. The number of benzene rings is 9. The molecule has 1 aromatic heterocycles. The predicted molar refractivity (Wildman–Crippen MR) is 225 cm³/mol. The van der Waals surface area contributed by atoms with E-state index in [0.29, 0.717) is 17.5 Å². The molecule has 0 radical (unpaired) electrons. The van der Waals surface area contributed by atoms with Gasteiger partial charge in [-0.05, 0) is 90.0 Å². The normalized spacial score (nSPS) is 11.3. The van der Waals surface area contributed by atoms with Gasteiger partial charge in [-0.1, -0.05) is 176 Å². The Morgan fingerprint density at radius 2 is 0.630 bits per heavy atom. The smallest absolute Gasteiger partial charge is 0.164 e. The lowest BCUT2D eigenvalue weighted by Gasteiger charge is -2.13. The molecule has 0 N–H and O–H groups in total. The van der Waals surface area contributed by atoms with Gasteiger partial charge in [0.05, 0.1) is 0 Å². The molecule has 10 aromatic rings. The number of nitrogens with zero attached hydrogens (tertiary/aromatic N) is 3. The molecule has 0 atom stereocenters. The predicted octanol–water partition coefficient (Wildman–Crippen LogP) is 13.3. The van der Waals surface area contributed by atoms with E-state index in [1.807, 2.05) is 36.4 Å². The number of aromatic nitrogens is 3. The van der Waals surface area contributed by atoms with E-state index in [9.17, 15) is 0 Å². The van der Waals surface area contributed by atoms with Crippen molar-refractivity contribution >= 4 is 32.3 Å². The van der Waals surface area contributed by atoms with E-state index >= 15 is 0 Å². The summed E-state index contributed by atoms with van der Waals surface area (Å²) >= 11 is 0. The Balaban J connectivity index is 1.07. The molecule has 1 heterocycles. The van der Waals surface area contributed by atoms with E-state index in [1.54, 1.807) is 0 Å². The number of hydrogen-bond acceptors (Lipinski definition) is 3. The van der Waals surface area contributed by atoms with Crippen LogP contribution in [0, 0.1) is 0 Å².